The second kappa shape index (κ2) is 7.81. The molecule has 0 bridgehead atoms. The quantitative estimate of drug-likeness (QED) is 0.755. The highest BCUT2D eigenvalue weighted by Crippen LogP contribution is 2.50. The Morgan fingerprint density at radius 3 is 2.36 bits per heavy atom. The maximum absolute atomic E-state index is 12.8. The minimum absolute atomic E-state index is 0.00937. The second-order valence-corrected chi connectivity index (χ2v) is 7.57. The van der Waals surface area contributed by atoms with E-state index in [0.29, 0.717) is 36.0 Å². The van der Waals surface area contributed by atoms with Gasteiger partial charge in [0, 0.05) is 24.1 Å². The summed E-state index contributed by atoms with van der Waals surface area (Å²) in [6, 6.07) is 14.6. The van der Waals surface area contributed by atoms with Gasteiger partial charge in [0.05, 0.1) is 13.2 Å². The highest BCUT2D eigenvalue weighted by atomic mass is 16.5. The van der Waals surface area contributed by atoms with Crippen molar-refractivity contribution in [2.75, 3.05) is 19.0 Å². The molecule has 150 valence electrons. The highest BCUT2D eigenvalue weighted by molar-refractivity contribution is 5.99. The predicted octanol–water partition coefficient (Wildman–Crippen LogP) is 3.96. The van der Waals surface area contributed by atoms with Crippen LogP contribution in [-0.2, 0) is 9.53 Å². The van der Waals surface area contributed by atoms with Crippen molar-refractivity contribution in [3.63, 3.8) is 0 Å². The first-order valence-electron chi connectivity index (χ1n) is 9.44. The number of carbonyl (C=O) groups is 1. The van der Waals surface area contributed by atoms with Crippen LogP contribution in [0, 0.1) is 5.41 Å². The summed E-state index contributed by atoms with van der Waals surface area (Å²) in [5, 5.41) is 2.92. The Bertz CT molecular complexity index is 835. The van der Waals surface area contributed by atoms with Gasteiger partial charge in [0.15, 0.2) is 11.5 Å². The number of ether oxygens (including phenoxy) is 3. The van der Waals surface area contributed by atoms with Crippen LogP contribution in [-0.4, -0.2) is 31.3 Å². The fraction of sp³-hybridized carbons (Fsp3) is 0.409. The van der Waals surface area contributed by atoms with Crippen molar-refractivity contribution in [2.45, 2.75) is 38.8 Å². The summed E-state index contributed by atoms with van der Waals surface area (Å²) >= 11 is 0. The van der Waals surface area contributed by atoms with Crippen molar-refractivity contribution < 1.29 is 19.0 Å². The number of benzene rings is 2. The summed E-state index contributed by atoms with van der Waals surface area (Å²) < 4.78 is 16.8. The first kappa shape index (κ1) is 20.2. The summed E-state index contributed by atoms with van der Waals surface area (Å²) in [7, 11) is 1.60. The lowest BCUT2D eigenvalue weighted by atomic mass is 9.54. The van der Waals surface area contributed by atoms with Crippen LogP contribution in [0.4, 0.5) is 5.69 Å². The third kappa shape index (κ3) is 3.57. The van der Waals surface area contributed by atoms with Crippen LogP contribution in [0.1, 0.15) is 27.2 Å². The Labute approximate surface area is 166 Å². The smallest absolute Gasteiger partial charge is 0.245 e. The standard InChI is InChI=1S/C22H28N2O4/c1-5-27-19-14-22(23,21(19,2)3)20(25)24-15-10-12-16(13-11-15)28-18-9-7-6-8-17(18)26-4/h6-13,19H,5,14,23H2,1-4H3,(H,24,25). The fourth-order valence-electron chi connectivity index (χ4n) is 3.50. The third-order valence-corrected chi connectivity index (χ3v) is 5.64. The first-order chi connectivity index (χ1) is 13.3. The largest absolute Gasteiger partial charge is 0.493 e. The number of methoxy groups -OCH3 is 1. The second-order valence-electron chi connectivity index (χ2n) is 7.57. The van der Waals surface area contributed by atoms with Crippen molar-refractivity contribution in [3.8, 4) is 17.2 Å². The molecular formula is C22H28N2O4. The number of nitrogens with two attached hydrogens (primary N) is 1. The van der Waals surface area contributed by atoms with Gasteiger partial charge < -0.3 is 25.3 Å². The number of nitrogens with one attached hydrogen (secondary N) is 1. The third-order valence-electron chi connectivity index (χ3n) is 5.64. The average Bonchev–Trinajstić information content (AvgIpc) is 2.69. The maximum atomic E-state index is 12.8. The van der Waals surface area contributed by atoms with Gasteiger partial charge in [0.25, 0.3) is 0 Å². The molecule has 2 aromatic carbocycles. The lowest BCUT2D eigenvalue weighted by Crippen LogP contribution is -2.74. The molecule has 3 N–H and O–H groups in total. The van der Waals surface area contributed by atoms with Crippen LogP contribution < -0.4 is 20.5 Å². The number of anilines is 1. The van der Waals surface area contributed by atoms with E-state index in [1.54, 1.807) is 31.4 Å². The zero-order chi connectivity index (χ0) is 20.4. The molecule has 1 aliphatic rings. The van der Waals surface area contributed by atoms with Crippen LogP contribution in [0.2, 0.25) is 0 Å². The molecular weight excluding hydrogens is 356 g/mol. The lowest BCUT2D eigenvalue weighted by molar-refractivity contribution is -0.166. The zero-order valence-corrected chi connectivity index (χ0v) is 16.8. The molecule has 0 aromatic heterocycles. The average molecular weight is 384 g/mol. The fourth-order valence-corrected chi connectivity index (χ4v) is 3.50. The molecule has 1 aliphatic carbocycles. The topological polar surface area (TPSA) is 82.8 Å². The van der Waals surface area contributed by atoms with Gasteiger partial charge in [0.1, 0.15) is 11.3 Å². The van der Waals surface area contributed by atoms with E-state index in [1.165, 1.54) is 0 Å². The van der Waals surface area contributed by atoms with E-state index < -0.39 is 11.0 Å². The number of rotatable bonds is 7. The maximum Gasteiger partial charge on any atom is 0.245 e. The molecule has 1 saturated carbocycles. The predicted molar refractivity (Wildman–Crippen MR) is 109 cm³/mol. The van der Waals surface area contributed by atoms with E-state index in [2.05, 4.69) is 5.32 Å². The monoisotopic (exact) mass is 384 g/mol. The van der Waals surface area contributed by atoms with Crippen LogP contribution in [0.5, 0.6) is 17.2 Å². The molecule has 0 heterocycles. The van der Waals surface area contributed by atoms with Gasteiger partial charge in [-0.05, 0) is 43.3 Å². The molecule has 0 saturated heterocycles. The number of carbonyl (C=O) groups excluding carboxylic acids is 1. The number of hydrogen-bond donors (Lipinski definition) is 2. The van der Waals surface area contributed by atoms with Crippen molar-refractivity contribution in [1.29, 1.82) is 0 Å². The van der Waals surface area contributed by atoms with Gasteiger partial charge in [-0.2, -0.15) is 0 Å². The Hall–Kier alpha value is -2.57. The zero-order valence-electron chi connectivity index (χ0n) is 16.8. The van der Waals surface area contributed by atoms with E-state index in [4.69, 9.17) is 19.9 Å². The first-order valence-corrected chi connectivity index (χ1v) is 9.44. The normalized spacial score (nSPS) is 22.8. The van der Waals surface area contributed by atoms with Crippen molar-refractivity contribution in [1.82, 2.24) is 0 Å². The molecule has 0 spiro atoms. The molecule has 0 aliphatic heterocycles. The van der Waals surface area contributed by atoms with Crippen LogP contribution in [0.25, 0.3) is 0 Å². The molecule has 1 fully saturated rings. The van der Waals surface area contributed by atoms with Crippen LogP contribution in [0.15, 0.2) is 48.5 Å². The Kier molecular flexibility index (Phi) is 5.63. The molecule has 2 aromatic rings. The molecule has 0 radical (unpaired) electrons. The SMILES string of the molecule is CCOC1CC(N)(C(=O)Nc2ccc(Oc3ccccc3OC)cc2)C1(C)C. The number of hydrogen-bond acceptors (Lipinski definition) is 5. The van der Waals surface area contributed by atoms with Crippen molar-refractivity contribution in [2.24, 2.45) is 11.1 Å². The summed E-state index contributed by atoms with van der Waals surface area (Å²) in [6.07, 6.45) is 0.499. The highest BCUT2D eigenvalue weighted by Gasteiger charge is 2.62. The molecule has 6 nitrogen and oxygen atoms in total. The minimum atomic E-state index is -0.959. The number of amides is 1. The van der Waals surface area contributed by atoms with Gasteiger partial charge in [-0.1, -0.05) is 26.0 Å². The number of para-hydroxylation sites is 2. The molecule has 1 amide bonds. The summed E-state index contributed by atoms with van der Waals surface area (Å²) in [6.45, 7) is 6.50. The lowest BCUT2D eigenvalue weighted by Gasteiger charge is -2.57. The molecule has 6 heteroatoms. The van der Waals surface area contributed by atoms with Crippen molar-refractivity contribution in [3.05, 3.63) is 48.5 Å². The van der Waals surface area contributed by atoms with Gasteiger partial charge in [0.2, 0.25) is 5.91 Å². The Balaban J connectivity index is 1.65. The molecule has 2 unspecified atom stereocenters. The minimum Gasteiger partial charge on any atom is -0.493 e. The van der Waals surface area contributed by atoms with E-state index in [0.717, 1.165) is 0 Å². The van der Waals surface area contributed by atoms with Crippen LogP contribution in [0.3, 0.4) is 0 Å². The molecule has 28 heavy (non-hydrogen) atoms. The molecule has 3 rings (SSSR count). The van der Waals surface area contributed by atoms with Gasteiger partial charge in [-0.25, -0.2) is 0 Å². The summed E-state index contributed by atoms with van der Waals surface area (Å²) in [5.74, 6) is 1.72. The van der Waals surface area contributed by atoms with Gasteiger partial charge in [-0.15, -0.1) is 0 Å². The van der Waals surface area contributed by atoms with E-state index >= 15 is 0 Å². The van der Waals surface area contributed by atoms with Crippen molar-refractivity contribution >= 4 is 11.6 Å². The van der Waals surface area contributed by atoms with E-state index in [9.17, 15) is 4.79 Å². The van der Waals surface area contributed by atoms with E-state index in [1.807, 2.05) is 45.0 Å². The Morgan fingerprint density at radius 1 is 1.14 bits per heavy atom. The van der Waals surface area contributed by atoms with Gasteiger partial charge in [-0.3, -0.25) is 4.79 Å². The summed E-state index contributed by atoms with van der Waals surface area (Å²) in [5.41, 5.74) is 5.70. The van der Waals surface area contributed by atoms with E-state index in [-0.39, 0.29) is 12.0 Å². The molecule has 2 atom stereocenters. The summed E-state index contributed by atoms with van der Waals surface area (Å²) in [4.78, 5) is 12.8. The van der Waals surface area contributed by atoms with Crippen LogP contribution >= 0.6 is 0 Å². The van der Waals surface area contributed by atoms with Gasteiger partial charge >= 0.3 is 0 Å². The Morgan fingerprint density at radius 2 is 1.79 bits per heavy atom.